The topological polar surface area (TPSA) is 143 Å². The molecule has 2 aromatic carbocycles. The van der Waals surface area contributed by atoms with Crippen molar-refractivity contribution in [2.75, 3.05) is 0 Å². The highest BCUT2D eigenvalue weighted by atomic mass is 35.5. The highest BCUT2D eigenvalue weighted by molar-refractivity contribution is 6.30. The third-order valence-corrected chi connectivity index (χ3v) is 6.33. The number of rotatable bonds is 6. The minimum atomic E-state index is -0.260. The average molecular weight is 573 g/mol. The summed E-state index contributed by atoms with van der Waals surface area (Å²) >= 11 is 11.9. The Kier molecular flexibility index (Phi) is 8.48. The fourth-order valence-corrected chi connectivity index (χ4v) is 4.41. The zero-order chi connectivity index (χ0) is 27.9. The van der Waals surface area contributed by atoms with Crippen LogP contribution in [0.3, 0.4) is 0 Å². The van der Waals surface area contributed by atoms with Gasteiger partial charge in [0.15, 0.2) is 22.3 Å². The Bertz CT molecular complexity index is 1770. The van der Waals surface area contributed by atoms with Gasteiger partial charge in [0, 0.05) is 47.7 Å². The minimum Gasteiger partial charge on any atom is -0.309 e. The van der Waals surface area contributed by atoms with Crippen LogP contribution in [0.1, 0.15) is 22.8 Å². The minimum absolute atomic E-state index is 0.260. The first-order valence-corrected chi connectivity index (χ1v) is 13.1. The zero-order valence-electron chi connectivity index (χ0n) is 21.0. The number of aryl methyl sites for hydroxylation is 4. The number of aromatic amines is 2. The lowest BCUT2D eigenvalue weighted by molar-refractivity contribution is 0.854. The largest absolute Gasteiger partial charge is 0.309 e. The molecule has 200 valence electrons. The molecule has 10 nitrogen and oxygen atoms in total. The lowest BCUT2D eigenvalue weighted by Gasteiger charge is -2.03. The van der Waals surface area contributed by atoms with Crippen LogP contribution >= 0.6 is 23.2 Å². The monoisotopic (exact) mass is 572 g/mol. The van der Waals surface area contributed by atoms with Crippen LogP contribution < -0.4 is 11.1 Å². The summed E-state index contributed by atoms with van der Waals surface area (Å²) in [6.07, 6.45) is 8.72. The molecule has 12 heteroatoms. The molecule has 4 heterocycles. The number of H-pyrrole nitrogens is 2. The Balaban J connectivity index is 0.000000161. The molecule has 0 amide bonds. The van der Waals surface area contributed by atoms with Crippen molar-refractivity contribution in [3.63, 3.8) is 0 Å². The number of halogens is 2. The Morgan fingerprint density at radius 3 is 1.43 bits per heavy atom. The number of hydrogen-bond acceptors (Lipinski definition) is 8. The molecule has 6 aromatic rings. The van der Waals surface area contributed by atoms with Gasteiger partial charge in [-0.3, -0.25) is 9.59 Å². The highest BCUT2D eigenvalue weighted by Gasteiger charge is 2.07. The van der Waals surface area contributed by atoms with Crippen LogP contribution in [0.5, 0.6) is 0 Å². The van der Waals surface area contributed by atoms with Gasteiger partial charge in [0.1, 0.15) is 11.6 Å². The molecule has 0 spiro atoms. The van der Waals surface area contributed by atoms with E-state index in [2.05, 4.69) is 39.9 Å². The van der Waals surface area contributed by atoms with Crippen molar-refractivity contribution < 1.29 is 0 Å². The second kappa shape index (κ2) is 12.5. The Morgan fingerprint density at radius 2 is 1.00 bits per heavy atom. The van der Waals surface area contributed by atoms with Crippen molar-refractivity contribution in [1.29, 1.82) is 0 Å². The second-order valence-corrected chi connectivity index (χ2v) is 9.62. The van der Waals surface area contributed by atoms with E-state index in [9.17, 15) is 9.59 Å². The molecule has 0 aliphatic rings. The summed E-state index contributed by atoms with van der Waals surface area (Å²) in [4.78, 5) is 53.8. The third kappa shape index (κ3) is 6.90. The molecule has 0 bridgehead atoms. The van der Waals surface area contributed by atoms with E-state index in [0.29, 0.717) is 45.8 Å². The van der Waals surface area contributed by atoms with Crippen LogP contribution in [0.15, 0.2) is 82.9 Å². The van der Waals surface area contributed by atoms with E-state index in [4.69, 9.17) is 23.2 Å². The Hall–Kier alpha value is -4.54. The number of nitrogens with one attached hydrogen (secondary N) is 2. The van der Waals surface area contributed by atoms with Crippen LogP contribution in [-0.4, -0.2) is 39.9 Å². The van der Waals surface area contributed by atoms with E-state index in [-0.39, 0.29) is 22.2 Å². The van der Waals surface area contributed by atoms with Crippen molar-refractivity contribution in [2.45, 2.75) is 25.7 Å². The summed E-state index contributed by atoms with van der Waals surface area (Å²) in [6.45, 7) is 0. The van der Waals surface area contributed by atoms with Crippen molar-refractivity contribution in [3.8, 4) is 0 Å². The highest BCUT2D eigenvalue weighted by Crippen LogP contribution is 2.13. The van der Waals surface area contributed by atoms with Gasteiger partial charge >= 0.3 is 0 Å². The molecule has 0 saturated heterocycles. The number of nitrogens with zero attached hydrogens (tertiary/aromatic N) is 6. The number of fused-ring (bicyclic) bond motifs is 2. The molecular formula is C28H22Cl2N8O2. The molecule has 0 saturated carbocycles. The van der Waals surface area contributed by atoms with E-state index in [1.165, 1.54) is 24.8 Å². The molecule has 0 unspecified atom stereocenters. The first kappa shape index (κ1) is 27.0. The SMILES string of the molecule is O=c1[nH]c(CCc2cccc(Cl)c2)nc2nccnc12.O=c1[nH]c(CCc2cccc(Cl)c2)nc2nccnc12. The van der Waals surface area contributed by atoms with Gasteiger partial charge in [-0.25, -0.2) is 29.9 Å². The van der Waals surface area contributed by atoms with Crippen LogP contribution in [0.4, 0.5) is 0 Å². The van der Waals surface area contributed by atoms with Crippen molar-refractivity contribution in [2.24, 2.45) is 0 Å². The lowest BCUT2D eigenvalue weighted by atomic mass is 10.1. The van der Waals surface area contributed by atoms with Gasteiger partial charge in [-0.15, -0.1) is 0 Å². The molecule has 2 N–H and O–H groups in total. The lowest BCUT2D eigenvalue weighted by Crippen LogP contribution is -2.14. The van der Waals surface area contributed by atoms with Crippen molar-refractivity contribution in [3.05, 3.63) is 127 Å². The molecular weight excluding hydrogens is 551 g/mol. The smallest absolute Gasteiger partial charge is 0.279 e. The predicted molar refractivity (Wildman–Crippen MR) is 154 cm³/mol. The van der Waals surface area contributed by atoms with Crippen LogP contribution in [0, 0.1) is 0 Å². The summed E-state index contributed by atoms with van der Waals surface area (Å²) in [6, 6.07) is 15.3. The van der Waals surface area contributed by atoms with E-state index in [0.717, 1.165) is 24.0 Å². The summed E-state index contributed by atoms with van der Waals surface area (Å²) < 4.78 is 0. The van der Waals surface area contributed by atoms with Gasteiger partial charge in [-0.05, 0) is 48.2 Å². The molecule has 0 radical (unpaired) electrons. The summed E-state index contributed by atoms with van der Waals surface area (Å²) in [5.74, 6) is 1.20. The van der Waals surface area contributed by atoms with Crippen LogP contribution in [0.2, 0.25) is 10.0 Å². The number of hydrogen-bond donors (Lipinski definition) is 2. The molecule has 0 aliphatic carbocycles. The maximum Gasteiger partial charge on any atom is 0.279 e. The number of aromatic nitrogens is 8. The van der Waals surface area contributed by atoms with Crippen molar-refractivity contribution >= 4 is 45.5 Å². The maximum absolute atomic E-state index is 11.8. The maximum atomic E-state index is 11.8. The normalized spacial score (nSPS) is 10.8. The average Bonchev–Trinajstić information content (AvgIpc) is 2.96. The van der Waals surface area contributed by atoms with E-state index in [1.807, 2.05) is 48.5 Å². The summed E-state index contributed by atoms with van der Waals surface area (Å²) in [5, 5.41) is 1.40. The predicted octanol–water partition coefficient (Wildman–Crippen LogP) is 4.30. The van der Waals surface area contributed by atoms with Gasteiger partial charge in [0.2, 0.25) is 0 Å². The molecule has 0 aliphatic heterocycles. The van der Waals surface area contributed by atoms with E-state index in [1.54, 1.807) is 0 Å². The van der Waals surface area contributed by atoms with Crippen molar-refractivity contribution in [1.82, 2.24) is 39.9 Å². The molecule has 40 heavy (non-hydrogen) atoms. The molecule has 0 atom stereocenters. The van der Waals surface area contributed by atoms with Gasteiger partial charge in [-0.1, -0.05) is 47.5 Å². The molecule has 6 rings (SSSR count). The fraction of sp³-hybridized carbons (Fsp3) is 0.143. The summed E-state index contributed by atoms with van der Waals surface area (Å²) in [5.41, 5.74) is 2.94. The van der Waals surface area contributed by atoms with Crippen LogP contribution in [-0.2, 0) is 25.7 Å². The van der Waals surface area contributed by atoms with Gasteiger partial charge < -0.3 is 9.97 Å². The molecule has 4 aromatic heterocycles. The van der Waals surface area contributed by atoms with Gasteiger partial charge in [0.05, 0.1) is 0 Å². The van der Waals surface area contributed by atoms with Crippen LogP contribution in [0.25, 0.3) is 22.3 Å². The Labute approximate surface area is 237 Å². The van der Waals surface area contributed by atoms with Gasteiger partial charge in [0.25, 0.3) is 11.1 Å². The number of benzene rings is 2. The van der Waals surface area contributed by atoms with Gasteiger partial charge in [-0.2, -0.15) is 0 Å². The first-order valence-electron chi connectivity index (χ1n) is 12.3. The van der Waals surface area contributed by atoms with E-state index < -0.39 is 0 Å². The standard InChI is InChI=1S/2C14H11ClN4O/c2*15-10-3-1-2-9(8-10)4-5-11-18-13-12(14(20)19-11)16-6-7-17-13/h2*1-3,6-8H,4-5H2,(H,17,18,19,20). The zero-order valence-corrected chi connectivity index (χ0v) is 22.5. The fourth-order valence-electron chi connectivity index (χ4n) is 3.98. The van der Waals surface area contributed by atoms with E-state index >= 15 is 0 Å². The second-order valence-electron chi connectivity index (χ2n) is 8.74. The Morgan fingerprint density at radius 1 is 0.575 bits per heavy atom. The quantitative estimate of drug-likeness (QED) is 0.300. The first-order chi connectivity index (χ1) is 19.4. The molecule has 0 fully saturated rings. The summed E-state index contributed by atoms with van der Waals surface area (Å²) in [7, 11) is 0. The third-order valence-electron chi connectivity index (χ3n) is 5.86.